The Morgan fingerprint density at radius 1 is 1.44 bits per heavy atom. The Morgan fingerprint density at radius 2 is 2.06 bits per heavy atom. The molecule has 0 aromatic carbocycles. The van der Waals surface area contributed by atoms with Crippen LogP contribution in [-0.4, -0.2) is 39.8 Å². The van der Waals surface area contributed by atoms with E-state index in [1.165, 1.54) is 0 Å². The van der Waals surface area contributed by atoms with Crippen LogP contribution in [0.5, 0.6) is 0 Å². The molecule has 0 radical (unpaired) electrons. The van der Waals surface area contributed by atoms with Crippen LogP contribution in [0.4, 0.5) is 0 Å². The van der Waals surface area contributed by atoms with E-state index in [9.17, 15) is 4.79 Å². The number of carbonyl (C=O) groups is 1. The summed E-state index contributed by atoms with van der Waals surface area (Å²) in [4.78, 5) is 11.1. The molecule has 1 rings (SSSR count). The summed E-state index contributed by atoms with van der Waals surface area (Å²) in [7, 11) is -1.34. The van der Waals surface area contributed by atoms with Gasteiger partial charge in [-0.2, -0.15) is 0 Å². The topological polar surface area (TPSA) is 130 Å². The molecule has 7 N–H and O–H groups in total. The molecule has 6 nitrogen and oxygen atoms in total. The highest BCUT2D eigenvalue weighted by molar-refractivity contribution is 6.40. The second-order valence-corrected chi connectivity index (χ2v) is 4.66. The molecule has 0 amide bonds. The minimum atomic E-state index is -1.37. The van der Waals surface area contributed by atoms with Crippen molar-refractivity contribution in [3.05, 3.63) is 0 Å². The lowest BCUT2D eigenvalue weighted by Gasteiger charge is -2.39. The summed E-state index contributed by atoms with van der Waals surface area (Å²) in [5.41, 5.74) is 10.1. The van der Waals surface area contributed by atoms with Crippen LogP contribution < -0.4 is 11.5 Å². The fourth-order valence-electron chi connectivity index (χ4n) is 2.28. The minimum Gasteiger partial charge on any atom is -0.480 e. The van der Waals surface area contributed by atoms with Crippen molar-refractivity contribution >= 4 is 13.1 Å². The van der Waals surface area contributed by atoms with Crippen molar-refractivity contribution in [2.75, 3.05) is 0 Å². The van der Waals surface area contributed by atoms with Gasteiger partial charge in [0, 0.05) is 6.04 Å². The van der Waals surface area contributed by atoms with Crippen molar-refractivity contribution in [1.82, 2.24) is 0 Å². The van der Waals surface area contributed by atoms with Gasteiger partial charge in [0.05, 0.1) is 0 Å². The number of hydrogen-bond donors (Lipinski definition) is 5. The highest BCUT2D eigenvalue weighted by Crippen LogP contribution is 2.33. The van der Waals surface area contributed by atoms with Gasteiger partial charge in [-0.15, -0.1) is 0 Å². The molecule has 92 valence electrons. The van der Waals surface area contributed by atoms with Gasteiger partial charge in [0.25, 0.3) is 0 Å². The number of nitrogens with two attached hydrogens (primary N) is 2. The van der Waals surface area contributed by atoms with E-state index < -0.39 is 24.7 Å². The molecule has 3 unspecified atom stereocenters. The first-order valence-corrected chi connectivity index (χ1v) is 5.50. The predicted molar refractivity (Wildman–Crippen MR) is 59.5 cm³/mol. The maximum atomic E-state index is 11.1. The highest BCUT2D eigenvalue weighted by atomic mass is 16.4. The SMILES string of the molecule is NC1CCC(CCB(O)O)CC1(N)C(=O)O. The first-order valence-electron chi connectivity index (χ1n) is 5.50. The first-order chi connectivity index (χ1) is 7.36. The van der Waals surface area contributed by atoms with Crippen LogP contribution in [0, 0.1) is 5.92 Å². The number of hydrogen-bond acceptors (Lipinski definition) is 5. The molecular formula is C9H19BN2O4. The third-order valence-electron chi connectivity index (χ3n) is 3.41. The molecule has 7 heteroatoms. The summed E-state index contributed by atoms with van der Waals surface area (Å²) < 4.78 is 0. The van der Waals surface area contributed by atoms with Crippen LogP contribution in [0.15, 0.2) is 0 Å². The largest absolute Gasteiger partial charge is 0.480 e. The molecule has 0 heterocycles. The molecule has 0 bridgehead atoms. The van der Waals surface area contributed by atoms with Gasteiger partial charge in [-0.3, -0.25) is 4.79 Å². The zero-order valence-corrected chi connectivity index (χ0v) is 9.17. The van der Waals surface area contributed by atoms with Crippen LogP contribution in [0.2, 0.25) is 6.32 Å². The maximum Gasteiger partial charge on any atom is 0.451 e. The summed E-state index contributed by atoms with van der Waals surface area (Å²) >= 11 is 0. The Hall–Kier alpha value is -0.625. The van der Waals surface area contributed by atoms with Gasteiger partial charge in [-0.05, 0) is 31.5 Å². The molecule has 1 fully saturated rings. The number of carboxylic acids is 1. The highest BCUT2D eigenvalue weighted by Gasteiger charge is 2.45. The van der Waals surface area contributed by atoms with E-state index in [0.717, 1.165) is 6.42 Å². The third-order valence-corrected chi connectivity index (χ3v) is 3.41. The van der Waals surface area contributed by atoms with Gasteiger partial charge >= 0.3 is 13.1 Å². The van der Waals surface area contributed by atoms with Crippen LogP contribution in [0.25, 0.3) is 0 Å². The monoisotopic (exact) mass is 230 g/mol. The molecule has 1 aliphatic carbocycles. The van der Waals surface area contributed by atoms with Gasteiger partial charge in [0.1, 0.15) is 5.54 Å². The van der Waals surface area contributed by atoms with E-state index in [1.54, 1.807) is 0 Å². The van der Waals surface area contributed by atoms with E-state index in [2.05, 4.69) is 0 Å². The van der Waals surface area contributed by atoms with Crippen molar-refractivity contribution in [2.45, 2.75) is 43.6 Å². The van der Waals surface area contributed by atoms with E-state index >= 15 is 0 Å². The summed E-state index contributed by atoms with van der Waals surface area (Å²) in [6, 6.07) is -0.528. The van der Waals surface area contributed by atoms with Gasteiger partial charge in [-0.1, -0.05) is 6.42 Å². The maximum absolute atomic E-state index is 11.1. The average Bonchev–Trinajstić information content (AvgIpc) is 2.19. The molecule has 1 saturated carbocycles. The lowest BCUT2D eigenvalue weighted by Crippen LogP contribution is -2.63. The summed E-state index contributed by atoms with van der Waals surface area (Å²) in [6.07, 6.45) is 2.47. The predicted octanol–water partition coefficient (Wildman–Crippen LogP) is -1.24. The van der Waals surface area contributed by atoms with Crippen molar-refractivity contribution in [3.63, 3.8) is 0 Å². The molecule has 1 aliphatic rings. The molecule has 0 aliphatic heterocycles. The second-order valence-electron chi connectivity index (χ2n) is 4.66. The smallest absolute Gasteiger partial charge is 0.451 e. The molecule has 0 aromatic heterocycles. The Labute approximate surface area is 94.8 Å². The van der Waals surface area contributed by atoms with E-state index in [1.807, 2.05) is 0 Å². The van der Waals surface area contributed by atoms with Crippen molar-refractivity contribution in [1.29, 1.82) is 0 Å². The Kier molecular flexibility index (Phi) is 4.31. The molecule has 0 spiro atoms. The molecule has 0 aromatic rings. The van der Waals surface area contributed by atoms with Crippen molar-refractivity contribution in [3.8, 4) is 0 Å². The van der Waals surface area contributed by atoms with Crippen LogP contribution in [-0.2, 0) is 4.79 Å². The van der Waals surface area contributed by atoms with Crippen LogP contribution in [0.1, 0.15) is 25.7 Å². The Balaban J connectivity index is 2.57. The summed E-state index contributed by atoms with van der Waals surface area (Å²) in [6.45, 7) is 0. The van der Waals surface area contributed by atoms with E-state index in [-0.39, 0.29) is 12.2 Å². The molecule has 0 saturated heterocycles. The third kappa shape index (κ3) is 2.94. The van der Waals surface area contributed by atoms with E-state index in [0.29, 0.717) is 19.3 Å². The average molecular weight is 230 g/mol. The summed E-state index contributed by atoms with van der Waals surface area (Å²) in [5.74, 6) is -0.975. The second kappa shape index (κ2) is 5.14. The zero-order valence-electron chi connectivity index (χ0n) is 9.17. The van der Waals surface area contributed by atoms with Crippen LogP contribution >= 0.6 is 0 Å². The zero-order chi connectivity index (χ0) is 12.3. The number of carboxylic acid groups (broad SMARTS) is 1. The van der Waals surface area contributed by atoms with Gasteiger partial charge in [0.2, 0.25) is 0 Å². The molecule has 3 atom stereocenters. The quantitative estimate of drug-likeness (QED) is 0.384. The first kappa shape index (κ1) is 13.4. The minimum absolute atomic E-state index is 0.0997. The fraction of sp³-hybridized carbons (Fsp3) is 0.889. The van der Waals surface area contributed by atoms with Crippen molar-refractivity contribution in [2.24, 2.45) is 17.4 Å². The molecular weight excluding hydrogens is 211 g/mol. The standard InChI is InChI=1S/C9H19BN2O4/c11-7-2-1-6(3-4-10(15)16)5-9(7,12)8(13)14/h6-7,15-16H,1-5,11-12H2,(H,13,14). The molecule has 16 heavy (non-hydrogen) atoms. The van der Waals surface area contributed by atoms with E-state index in [4.69, 9.17) is 26.6 Å². The van der Waals surface area contributed by atoms with Gasteiger partial charge in [0.15, 0.2) is 0 Å². The lowest BCUT2D eigenvalue weighted by atomic mass is 9.69. The summed E-state index contributed by atoms with van der Waals surface area (Å²) in [5, 5.41) is 26.6. The lowest BCUT2D eigenvalue weighted by molar-refractivity contribution is -0.146. The van der Waals surface area contributed by atoms with Gasteiger partial charge in [-0.25, -0.2) is 0 Å². The van der Waals surface area contributed by atoms with Crippen LogP contribution in [0.3, 0.4) is 0 Å². The Bertz CT molecular complexity index is 264. The van der Waals surface area contributed by atoms with Gasteiger partial charge < -0.3 is 26.6 Å². The normalized spacial score (nSPS) is 34.8. The number of aliphatic carboxylic acids is 1. The Morgan fingerprint density at radius 3 is 2.56 bits per heavy atom. The number of rotatable bonds is 4. The fourth-order valence-corrected chi connectivity index (χ4v) is 2.28. The van der Waals surface area contributed by atoms with Crippen molar-refractivity contribution < 1.29 is 19.9 Å².